The highest BCUT2D eigenvalue weighted by Crippen LogP contribution is 2.40. The minimum absolute atomic E-state index is 0.471. The lowest BCUT2D eigenvalue weighted by molar-refractivity contribution is -0.140. The maximum Gasteiger partial charge on any atom is 0.419 e. The zero-order valence-corrected chi connectivity index (χ0v) is 18.0. The zero-order valence-electron chi connectivity index (χ0n) is 18.0. The van der Waals surface area contributed by atoms with Gasteiger partial charge in [-0.2, -0.15) is 13.2 Å². The van der Waals surface area contributed by atoms with Gasteiger partial charge in [0, 0.05) is 12.1 Å². The van der Waals surface area contributed by atoms with E-state index in [0.717, 1.165) is 43.5 Å². The van der Waals surface area contributed by atoms with E-state index in [1.54, 1.807) is 0 Å². The third-order valence-corrected chi connectivity index (χ3v) is 6.62. The van der Waals surface area contributed by atoms with Crippen molar-refractivity contribution < 1.29 is 22.4 Å². The number of alkyl halides is 3. The van der Waals surface area contributed by atoms with Crippen LogP contribution in [0.15, 0.2) is 48.5 Å². The number of hydrogen-bond acceptors (Lipinski definition) is 2. The van der Waals surface area contributed by atoms with Crippen LogP contribution in [0.2, 0.25) is 0 Å². The molecule has 7 heteroatoms. The van der Waals surface area contributed by atoms with Crippen molar-refractivity contribution in [2.24, 2.45) is 5.92 Å². The molecule has 1 N–H and O–H groups in total. The molecule has 1 fully saturated rings. The number of likely N-dealkylation sites (N-methyl/N-ethyl adjacent to an activating group) is 1. The van der Waals surface area contributed by atoms with Crippen molar-refractivity contribution in [1.82, 2.24) is 10.2 Å². The molecular formula is C24H28F4N2O. The van der Waals surface area contributed by atoms with Crippen LogP contribution in [0.5, 0.6) is 0 Å². The Morgan fingerprint density at radius 3 is 2.45 bits per heavy atom. The van der Waals surface area contributed by atoms with E-state index >= 15 is 0 Å². The Kier molecular flexibility index (Phi) is 6.74. The molecule has 3 unspecified atom stereocenters. The van der Waals surface area contributed by atoms with E-state index in [-0.39, 0.29) is 0 Å². The summed E-state index contributed by atoms with van der Waals surface area (Å²) in [7, 11) is 1.99. The normalized spacial score (nSPS) is 23.4. The number of hydrogen-bond donors (Lipinski definition) is 1. The van der Waals surface area contributed by atoms with E-state index in [4.69, 9.17) is 0 Å². The Bertz CT molecular complexity index is 916. The number of piperidine rings is 1. The summed E-state index contributed by atoms with van der Waals surface area (Å²) in [6, 6.07) is 11.6. The second-order valence-electron chi connectivity index (χ2n) is 8.53. The van der Waals surface area contributed by atoms with Gasteiger partial charge in [-0.1, -0.05) is 49.7 Å². The molecule has 2 aromatic rings. The minimum Gasteiger partial charge on any atom is -0.343 e. The highest BCUT2D eigenvalue weighted by molar-refractivity contribution is 5.95. The van der Waals surface area contributed by atoms with Gasteiger partial charge in [-0.25, -0.2) is 4.39 Å². The van der Waals surface area contributed by atoms with Gasteiger partial charge in [-0.05, 0) is 50.4 Å². The van der Waals surface area contributed by atoms with Gasteiger partial charge in [0.25, 0.3) is 5.91 Å². The minimum atomic E-state index is -4.87. The molecule has 1 aliphatic heterocycles. The van der Waals surface area contributed by atoms with Crippen molar-refractivity contribution in [2.45, 2.75) is 50.9 Å². The average molecular weight is 436 g/mol. The number of carbonyl (C=O) groups is 1. The lowest BCUT2D eigenvalue weighted by Crippen LogP contribution is -2.57. The first-order valence-corrected chi connectivity index (χ1v) is 10.5. The van der Waals surface area contributed by atoms with Crippen LogP contribution in [0, 0.1) is 11.7 Å². The molecule has 1 amide bonds. The van der Waals surface area contributed by atoms with Crippen molar-refractivity contribution in [3.8, 4) is 0 Å². The summed E-state index contributed by atoms with van der Waals surface area (Å²) in [6.07, 6.45) is -2.04. The van der Waals surface area contributed by atoms with E-state index in [1.807, 2.05) is 44.3 Å². The standard InChI is InChI=1S/C24H28F4N2O/c1-4-16-13-14-23(2,30(3)15-16)21(17-9-6-5-7-10-17)29-22(31)18-11-8-12-19(20(18)25)24(26,27)28/h5-12,16,21H,4,13-15H2,1-3H3,(H,29,31). The third-order valence-electron chi connectivity index (χ3n) is 6.62. The quantitative estimate of drug-likeness (QED) is 0.599. The summed E-state index contributed by atoms with van der Waals surface area (Å²) >= 11 is 0. The first kappa shape index (κ1) is 23.3. The van der Waals surface area contributed by atoms with Crippen LogP contribution in [0.25, 0.3) is 0 Å². The number of halogens is 4. The molecule has 0 spiro atoms. The van der Waals surface area contributed by atoms with Crippen LogP contribution in [-0.2, 0) is 6.18 Å². The Morgan fingerprint density at radius 1 is 1.19 bits per heavy atom. The maximum atomic E-state index is 14.6. The maximum absolute atomic E-state index is 14.6. The van der Waals surface area contributed by atoms with Gasteiger partial charge in [0.05, 0.1) is 17.2 Å². The summed E-state index contributed by atoms with van der Waals surface area (Å²) in [6.45, 7) is 5.04. The molecule has 0 aliphatic carbocycles. The summed E-state index contributed by atoms with van der Waals surface area (Å²) in [5.41, 5.74) is -1.69. The van der Waals surface area contributed by atoms with Crippen LogP contribution in [0.3, 0.4) is 0 Å². The van der Waals surface area contributed by atoms with Crippen molar-refractivity contribution in [1.29, 1.82) is 0 Å². The lowest BCUT2D eigenvalue weighted by Gasteiger charge is -2.50. The van der Waals surface area contributed by atoms with Crippen LogP contribution in [0.4, 0.5) is 17.6 Å². The molecule has 1 heterocycles. The predicted molar refractivity (Wildman–Crippen MR) is 112 cm³/mol. The van der Waals surface area contributed by atoms with Gasteiger partial charge in [-0.3, -0.25) is 9.69 Å². The van der Waals surface area contributed by atoms with Crippen molar-refractivity contribution in [2.75, 3.05) is 13.6 Å². The van der Waals surface area contributed by atoms with Crippen LogP contribution in [-0.4, -0.2) is 29.9 Å². The lowest BCUT2D eigenvalue weighted by atomic mass is 9.75. The molecule has 0 aromatic heterocycles. The fraction of sp³-hybridized carbons (Fsp3) is 0.458. The summed E-state index contributed by atoms with van der Waals surface area (Å²) in [5.74, 6) is -1.86. The van der Waals surface area contributed by atoms with E-state index in [0.29, 0.717) is 12.0 Å². The molecule has 0 bridgehead atoms. The Balaban J connectivity index is 1.97. The van der Waals surface area contributed by atoms with E-state index in [9.17, 15) is 22.4 Å². The highest BCUT2D eigenvalue weighted by atomic mass is 19.4. The van der Waals surface area contributed by atoms with Gasteiger partial charge in [0.15, 0.2) is 0 Å². The second-order valence-corrected chi connectivity index (χ2v) is 8.53. The SMILES string of the molecule is CCC1CCC(C)(C(NC(=O)c2cccc(C(F)(F)F)c2F)c2ccccc2)N(C)C1. The molecule has 3 rings (SSSR count). The summed E-state index contributed by atoms with van der Waals surface area (Å²) < 4.78 is 53.9. The van der Waals surface area contributed by atoms with Crippen LogP contribution < -0.4 is 5.32 Å². The molecule has 0 saturated carbocycles. The predicted octanol–water partition coefficient (Wildman–Crippen LogP) is 5.83. The molecule has 1 aliphatic rings. The van der Waals surface area contributed by atoms with E-state index in [1.165, 1.54) is 0 Å². The summed E-state index contributed by atoms with van der Waals surface area (Å²) in [4.78, 5) is 15.2. The number of likely N-dealkylation sites (tertiary alicyclic amines) is 1. The number of benzene rings is 2. The molecule has 31 heavy (non-hydrogen) atoms. The molecule has 3 nitrogen and oxygen atoms in total. The van der Waals surface area contributed by atoms with Crippen molar-refractivity contribution in [3.05, 3.63) is 71.0 Å². The van der Waals surface area contributed by atoms with Crippen LogP contribution in [0.1, 0.15) is 60.6 Å². The van der Waals surface area contributed by atoms with Crippen molar-refractivity contribution in [3.63, 3.8) is 0 Å². The summed E-state index contributed by atoms with van der Waals surface area (Å²) in [5, 5.41) is 2.85. The molecule has 1 saturated heterocycles. The molecule has 0 radical (unpaired) electrons. The van der Waals surface area contributed by atoms with Gasteiger partial charge >= 0.3 is 6.18 Å². The van der Waals surface area contributed by atoms with E-state index in [2.05, 4.69) is 17.1 Å². The number of rotatable bonds is 5. The van der Waals surface area contributed by atoms with Crippen LogP contribution >= 0.6 is 0 Å². The van der Waals surface area contributed by atoms with Gasteiger partial charge in [-0.15, -0.1) is 0 Å². The third kappa shape index (κ3) is 4.76. The molecule has 2 aromatic carbocycles. The largest absolute Gasteiger partial charge is 0.419 e. The topological polar surface area (TPSA) is 32.3 Å². The number of amides is 1. The number of nitrogens with one attached hydrogen (secondary N) is 1. The Morgan fingerprint density at radius 2 is 1.87 bits per heavy atom. The number of carbonyl (C=O) groups excluding carboxylic acids is 1. The van der Waals surface area contributed by atoms with Crippen molar-refractivity contribution >= 4 is 5.91 Å². The fourth-order valence-corrected chi connectivity index (χ4v) is 4.45. The Labute approximate surface area is 180 Å². The van der Waals surface area contributed by atoms with E-state index < -0.39 is 40.6 Å². The average Bonchev–Trinajstić information content (AvgIpc) is 2.73. The fourth-order valence-electron chi connectivity index (χ4n) is 4.45. The van der Waals surface area contributed by atoms with Gasteiger partial charge in [0.2, 0.25) is 0 Å². The molecular weight excluding hydrogens is 408 g/mol. The zero-order chi connectivity index (χ0) is 22.8. The first-order valence-electron chi connectivity index (χ1n) is 10.5. The monoisotopic (exact) mass is 436 g/mol. The smallest absolute Gasteiger partial charge is 0.343 e. The number of nitrogens with zero attached hydrogens (tertiary/aromatic N) is 1. The Hall–Kier alpha value is -2.41. The first-order chi connectivity index (χ1) is 14.6. The molecule has 3 atom stereocenters. The second kappa shape index (κ2) is 8.99. The highest BCUT2D eigenvalue weighted by Gasteiger charge is 2.43. The van der Waals surface area contributed by atoms with Gasteiger partial charge in [0.1, 0.15) is 5.82 Å². The van der Waals surface area contributed by atoms with Gasteiger partial charge < -0.3 is 5.32 Å². The molecule has 168 valence electrons.